The van der Waals surface area contributed by atoms with Crippen LogP contribution in [0.5, 0.6) is 0 Å². The first-order chi connectivity index (χ1) is 9.85. The van der Waals surface area contributed by atoms with E-state index in [9.17, 15) is 0 Å². The molecule has 0 aromatic heterocycles. The van der Waals surface area contributed by atoms with Crippen molar-refractivity contribution >= 4 is 23.1 Å². The first-order valence-electron chi connectivity index (χ1n) is 7.02. The van der Waals surface area contributed by atoms with Crippen LogP contribution in [-0.4, -0.2) is 49.7 Å². The number of halogens is 1. The number of nitrogens with zero attached hydrogens (tertiary/aromatic N) is 3. The third-order valence-corrected chi connectivity index (χ3v) is 3.32. The average molecular weight is 313 g/mol. The second-order valence-electron chi connectivity index (χ2n) is 5.79. The second-order valence-corrected chi connectivity index (χ2v) is 6.23. The fraction of sp³-hybridized carbons (Fsp3) is 0.533. The van der Waals surface area contributed by atoms with Crippen molar-refractivity contribution in [1.29, 1.82) is 0 Å². The summed E-state index contributed by atoms with van der Waals surface area (Å²) in [5.74, 6) is 0.589. The predicted octanol–water partition coefficient (Wildman–Crippen LogP) is 2.46. The van der Waals surface area contributed by atoms with E-state index in [1.54, 1.807) is 12.1 Å². The van der Waals surface area contributed by atoms with Gasteiger partial charge in [0.1, 0.15) is 0 Å². The van der Waals surface area contributed by atoms with Gasteiger partial charge in [-0.05, 0) is 38.2 Å². The standard InChI is InChI=1S/C15H25ClN4O/c1-11(2)10-20(8-7-19(3)4)14-9-12(16)5-6-13(14)15(17)18-21/h5-6,9,11,21H,7-8,10H2,1-4H3,(H2,17,18). The highest BCUT2D eigenvalue weighted by molar-refractivity contribution is 6.31. The molecule has 0 heterocycles. The van der Waals surface area contributed by atoms with Gasteiger partial charge < -0.3 is 20.7 Å². The molecule has 1 aromatic carbocycles. The number of amidine groups is 1. The van der Waals surface area contributed by atoms with E-state index in [0.717, 1.165) is 25.3 Å². The number of oxime groups is 1. The van der Waals surface area contributed by atoms with E-state index in [-0.39, 0.29) is 5.84 Å². The Balaban J connectivity index is 3.17. The minimum absolute atomic E-state index is 0.0975. The summed E-state index contributed by atoms with van der Waals surface area (Å²) < 4.78 is 0. The molecule has 0 amide bonds. The van der Waals surface area contributed by atoms with E-state index in [2.05, 4.69) is 28.8 Å². The molecule has 0 spiro atoms. The molecule has 1 rings (SSSR count). The van der Waals surface area contributed by atoms with Crippen molar-refractivity contribution in [2.45, 2.75) is 13.8 Å². The van der Waals surface area contributed by atoms with Gasteiger partial charge in [0, 0.05) is 35.9 Å². The molecule has 0 fully saturated rings. The molecule has 3 N–H and O–H groups in total. The Morgan fingerprint density at radius 2 is 2.00 bits per heavy atom. The van der Waals surface area contributed by atoms with Crippen LogP contribution >= 0.6 is 11.6 Å². The molecule has 5 nitrogen and oxygen atoms in total. The minimum atomic E-state index is 0.0975. The van der Waals surface area contributed by atoms with Crippen LogP contribution in [0.3, 0.4) is 0 Å². The summed E-state index contributed by atoms with van der Waals surface area (Å²) in [4.78, 5) is 4.35. The van der Waals surface area contributed by atoms with Crippen molar-refractivity contribution < 1.29 is 5.21 Å². The first-order valence-corrected chi connectivity index (χ1v) is 7.40. The summed E-state index contributed by atoms with van der Waals surface area (Å²) in [6.07, 6.45) is 0. The van der Waals surface area contributed by atoms with E-state index < -0.39 is 0 Å². The summed E-state index contributed by atoms with van der Waals surface area (Å²) in [6, 6.07) is 5.40. The molecular weight excluding hydrogens is 288 g/mol. The smallest absolute Gasteiger partial charge is 0.172 e. The van der Waals surface area contributed by atoms with Crippen LogP contribution in [-0.2, 0) is 0 Å². The Labute approximate surface area is 132 Å². The van der Waals surface area contributed by atoms with Crippen molar-refractivity contribution in [2.75, 3.05) is 38.6 Å². The SMILES string of the molecule is CC(C)CN(CCN(C)C)c1cc(Cl)ccc1C(N)=NO. The van der Waals surface area contributed by atoms with Gasteiger partial charge in [-0.1, -0.05) is 30.6 Å². The van der Waals surface area contributed by atoms with Gasteiger partial charge in [0.05, 0.1) is 0 Å². The van der Waals surface area contributed by atoms with E-state index in [1.165, 1.54) is 0 Å². The van der Waals surface area contributed by atoms with Gasteiger partial charge in [-0.15, -0.1) is 0 Å². The molecule has 0 aliphatic carbocycles. The van der Waals surface area contributed by atoms with Crippen molar-refractivity contribution in [3.05, 3.63) is 28.8 Å². The molecule has 1 aromatic rings. The number of hydrogen-bond donors (Lipinski definition) is 2. The van der Waals surface area contributed by atoms with Crippen LogP contribution in [0, 0.1) is 5.92 Å². The molecule has 0 atom stereocenters. The minimum Gasteiger partial charge on any atom is -0.409 e. The molecule has 0 bridgehead atoms. The normalized spacial score (nSPS) is 12.2. The zero-order valence-electron chi connectivity index (χ0n) is 13.2. The molecule has 0 saturated heterocycles. The lowest BCUT2D eigenvalue weighted by atomic mass is 10.1. The van der Waals surface area contributed by atoms with Gasteiger partial charge in [0.2, 0.25) is 0 Å². The van der Waals surface area contributed by atoms with E-state index in [1.807, 2.05) is 20.2 Å². The Morgan fingerprint density at radius 1 is 1.33 bits per heavy atom. The predicted molar refractivity (Wildman–Crippen MR) is 89.6 cm³/mol. The van der Waals surface area contributed by atoms with E-state index >= 15 is 0 Å². The first kappa shape index (κ1) is 17.6. The number of nitrogens with two attached hydrogens (primary N) is 1. The lowest BCUT2D eigenvalue weighted by molar-refractivity contribution is 0.318. The molecule has 0 aliphatic rings. The van der Waals surface area contributed by atoms with E-state index in [4.69, 9.17) is 22.5 Å². The Kier molecular flexibility index (Phi) is 6.78. The Hall–Kier alpha value is -1.46. The largest absolute Gasteiger partial charge is 0.409 e. The Bertz CT molecular complexity index is 489. The molecule has 21 heavy (non-hydrogen) atoms. The maximum Gasteiger partial charge on any atom is 0.172 e. The third-order valence-electron chi connectivity index (χ3n) is 3.09. The van der Waals surface area contributed by atoms with Crippen LogP contribution in [0.4, 0.5) is 5.69 Å². The fourth-order valence-electron chi connectivity index (χ4n) is 2.11. The maximum absolute atomic E-state index is 8.97. The molecule has 0 aliphatic heterocycles. The van der Waals surface area contributed by atoms with E-state index in [0.29, 0.717) is 16.5 Å². The van der Waals surface area contributed by atoms with Crippen LogP contribution in [0.15, 0.2) is 23.4 Å². The summed E-state index contributed by atoms with van der Waals surface area (Å²) in [7, 11) is 4.08. The lowest BCUT2D eigenvalue weighted by Gasteiger charge is -2.30. The van der Waals surface area contributed by atoms with Gasteiger partial charge in [0.25, 0.3) is 0 Å². The van der Waals surface area contributed by atoms with Crippen LogP contribution in [0.1, 0.15) is 19.4 Å². The number of anilines is 1. The number of benzene rings is 1. The average Bonchev–Trinajstić information content (AvgIpc) is 2.42. The quantitative estimate of drug-likeness (QED) is 0.351. The van der Waals surface area contributed by atoms with Crippen LogP contribution in [0.2, 0.25) is 5.02 Å². The molecule has 0 radical (unpaired) electrons. The lowest BCUT2D eigenvalue weighted by Crippen LogP contribution is -2.35. The zero-order valence-corrected chi connectivity index (χ0v) is 13.9. The molecule has 6 heteroatoms. The van der Waals surface area contributed by atoms with Gasteiger partial charge in [-0.2, -0.15) is 0 Å². The van der Waals surface area contributed by atoms with Gasteiger partial charge in [-0.3, -0.25) is 0 Å². The second kappa shape index (κ2) is 8.10. The molecule has 0 unspecified atom stereocenters. The molecular formula is C15H25ClN4O. The maximum atomic E-state index is 8.97. The van der Waals surface area contributed by atoms with Crippen molar-refractivity contribution in [2.24, 2.45) is 16.8 Å². The molecule has 0 saturated carbocycles. The van der Waals surface area contributed by atoms with Crippen molar-refractivity contribution in [1.82, 2.24) is 4.90 Å². The third kappa shape index (κ3) is 5.44. The fourth-order valence-corrected chi connectivity index (χ4v) is 2.27. The summed E-state index contributed by atoms with van der Waals surface area (Å²) in [5, 5.41) is 12.7. The highest BCUT2D eigenvalue weighted by Crippen LogP contribution is 2.25. The monoisotopic (exact) mass is 312 g/mol. The topological polar surface area (TPSA) is 65.1 Å². The number of likely N-dealkylation sites (N-methyl/N-ethyl adjacent to an activating group) is 1. The number of rotatable bonds is 7. The van der Waals surface area contributed by atoms with Crippen molar-refractivity contribution in [3.63, 3.8) is 0 Å². The number of hydrogen-bond acceptors (Lipinski definition) is 4. The van der Waals surface area contributed by atoms with Crippen LogP contribution in [0.25, 0.3) is 0 Å². The summed E-state index contributed by atoms with van der Waals surface area (Å²) >= 11 is 6.13. The Morgan fingerprint density at radius 3 is 2.52 bits per heavy atom. The summed E-state index contributed by atoms with van der Waals surface area (Å²) in [5.41, 5.74) is 7.38. The highest BCUT2D eigenvalue weighted by atomic mass is 35.5. The van der Waals surface area contributed by atoms with Gasteiger partial charge in [0.15, 0.2) is 5.84 Å². The van der Waals surface area contributed by atoms with Crippen molar-refractivity contribution in [3.8, 4) is 0 Å². The van der Waals surface area contributed by atoms with Crippen LogP contribution < -0.4 is 10.6 Å². The van der Waals surface area contributed by atoms with Gasteiger partial charge in [-0.25, -0.2) is 0 Å². The highest BCUT2D eigenvalue weighted by Gasteiger charge is 2.16. The van der Waals surface area contributed by atoms with Gasteiger partial charge >= 0.3 is 0 Å². The molecule has 118 valence electrons. The zero-order chi connectivity index (χ0) is 16.0. The summed E-state index contributed by atoms with van der Waals surface area (Å²) in [6.45, 7) is 6.96.